The molecule has 1 heterocycles. The minimum Gasteiger partial charge on any atom is -0.465 e. The van der Waals surface area contributed by atoms with Crippen molar-refractivity contribution < 1.29 is 14.4 Å². The van der Waals surface area contributed by atoms with E-state index in [1.165, 1.54) is 0 Å². The summed E-state index contributed by atoms with van der Waals surface area (Å²) in [6, 6.07) is 14.6. The van der Waals surface area contributed by atoms with E-state index in [0.29, 0.717) is 33.5 Å². The van der Waals surface area contributed by atoms with E-state index in [1.807, 2.05) is 24.3 Å². The first-order valence-corrected chi connectivity index (χ1v) is 9.16. The van der Waals surface area contributed by atoms with E-state index in [1.54, 1.807) is 38.1 Å². The number of halogens is 2. The number of nitrogens with zero attached hydrogens (tertiary/aromatic N) is 1. The van der Waals surface area contributed by atoms with Crippen LogP contribution in [0, 0.1) is 6.92 Å². The molecule has 0 aliphatic carbocycles. The highest BCUT2D eigenvalue weighted by Crippen LogP contribution is 2.41. The van der Waals surface area contributed by atoms with Gasteiger partial charge in [0.1, 0.15) is 0 Å². The van der Waals surface area contributed by atoms with Gasteiger partial charge in [0.15, 0.2) is 5.76 Å². The van der Waals surface area contributed by atoms with Gasteiger partial charge in [-0.2, -0.15) is 0 Å². The monoisotopic (exact) mass is 404 g/mol. The van der Waals surface area contributed by atoms with Crippen LogP contribution in [0.5, 0.6) is 0 Å². The number of benzene rings is 2. The van der Waals surface area contributed by atoms with Gasteiger partial charge in [-0.3, -0.25) is 0 Å². The van der Waals surface area contributed by atoms with Gasteiger partial charge in [-0.05, 0) is 25.5 Å². The Morgan fingerprint density at radius 2 is 1.89 bits per heavy atom. The van der Waals surface area contributed by atoms with Crippen LogP contribution in [-0.2, 0) is 11.4 Å². The van der Waals surface area contributed by atoms with Gasteiger partial charge in [0, 0.05) is 22.0 Å². The number of hydrogen-bond donors (Lipinski definition) is 2. The van der Waals surface area contributed by atoms with Crippen molar-refractivity contribution >= 4 is 29.3 Å². The summed E-state index contributed by atoms with van der Waals surface area (Å²) in [7, 11) is 0. The van der Waals surface area contributed by atoms with Crippen LogP contribution < -0.4 is 5.32 Å². The number of rotatable bonds is 5. The standard InChI is InChI=1S/C20H18Cl2N2O3/c1-12-17(18(27-24-12)14-9-7-13(11-21)8-10-14)20(2,23-19(25)26)15-5-3-4-6-16(15)22/h3-10,23H,11H2,1-2H3,(H,25,26). The summed E-state index contributed by atoms with van der Waals surface area (Å²) in [6.07, 6.45) is -1.18. The first kappa shape index (κ1) is 19.3. The zero-order valence-electron chi connectivity index (χ0n) is 14.8. The molecule has 0 fully saturated rings. The Kier molecular flexibility index (Phi) is 5.44. The second-order valence-corrected chi connectivity index (χ2v) is 7.01. The number of hydrogen-bond acceptors (Lipinski definition) is 3. The zero-order valence-corrected chi connectivity index (χ0v) is 16.3. The second kappa shape index (κ2) is 7.62. The summed E-state index contributed by atoms with van der Waals surface area (Å²) in [5.41, 5.74) is 2.37. The van der Waals surface area contributed by atoms with Crippen molar-refractivity contribution in [3.8, 4) is 11.3 Å². The molecule has 7 heteroatoms. The molecule has 1 aromatic heterocycles. The number of amides is 1. The number of carboxylic acid groups (broad SMARTS) is 1. The maximum Gasteiger partial charge on any atom is 0.405 e. The molecule has 3 aromatic rings. The van der Waals surface area contributed by atoms with Crippen molar-refractivity contribution in [2.45, 2.75) is 25.3 Å². The molecule has 0 saturated carbocycles. The maximum atomic E-state index is 11.6. The Hall–Kier alpha value is -2.50. The van der Waals surface area contributed by atoms with Gasteiger partial charge in [0.2, 0.25) is 0 Å². The van der Waals surface area contributed by atoms with Crippen LogP contribution >= 0.6 is 23.2 Å². The van der Waals surface area contributed by atoms with E-state index in [4.69, 9.17) is 27.7 Å². The maximum absolute atomic E-state index is 11.6. The van der Waals surface area contributed by atoms with Gasteiger partial charge in [0.05, 0.1) is 16.8 Å². The lowest BCUT2D eigenvalue weighted by atomic mass is 9.82. The third-order valence-corrected chi connectivity index (χ3v) is 5.14. The molecule has 1 unspecified atom stereocenters. The molecule has 0 spiro atoms. The lowest BCUT2D eigenvalue weighted by molar-refractivity contribution is 0.184. The summed E-state index contributed by atoms with van der Waals surface area (Å²) < 4.78 is 5.59. The molecule has 2 N–H and O–H groups in total. The first-order chi connectivity index (χ1) is 12.9. The molecule has 0 aliphatic rings. The predicted octanol–water partition coefficient (Wildman–Crippen LogP) is 5.57. The number of alkyl halides is 1. The summed E-state index contributed by atoms with van der Waals surface area (Å²) in [5, 5.41) is 16.6. The SMILES string of the molecule is Cc1noc(-c2ccc(CCl)cc2)c1C(C)(NC(=O)O)c1ccccc1Cl. The molecule has 3 rings (SSSR count). The third kappa shape index (κ3) is 3.66. The predicted molar refractivity (Wildman–Crippen MR) is 105 cm³/mol. The van der Waals surface area contributed by atoms with Crippen molar-refractivity contribution in [2.75, 3.05) is 0 Å². The van der Waals surface area contributed by atoms with Crippen molar-refractivity contribution in [3.05, 3.63) is 75.9 Å². The van der Waals surface area contributed by atoms with Crippen molar-refractivity contribution in [3.63, 3.8) is 0 Å². The lowest BCUT2D eigenvalue weighted by Gasteiger charge is -2.31. The highest BCUT2D eigenvalue weighted by atomic mass is 35.5. The molecule has 2 aromatic carbocycles. The van der Waals surface area contributed by atoms with Crippen LogP contribution in [0.3, 0.4) is 0 Å². The van der Waals surface area contributed by atoms with Crippen LogP contribution in [0.1, 0.15) is 29.3 Å². The fourth-order valence-electron chi connectivity index (χ4n) is 3.25. The summed E-state index contributed by atoms with van der Waals surface area (Å²) in [5.74, 6) is 0.880. The highest BCUT2D eigenvalue weighted by molar-refractivity contribution is 6.31. The molecule has 0 aliphatic heterocycles. The normalized spacial score (nSPS) is 13.2. The van der Waals surface area contributed by atoms with E-state index in [-0.39, 0.29) is 0 Å². The average Bonchev–Trinajstić information content (AvgIpc) is 3.03. The smallest absolute Gasteiger partial charge is 0.405 e. The van der Waals surface area contributed by atoms with Crippen LogP contribution in [-0.4, -0.2) is 16.4 Å². The van der Waals surface area contributed by atoms with Crippen LogP contribution in [0.4, 0.5) is 4.79 Å². The first-order valence-electron chi connectivity index (χ1n) is 8.25. The van der Waals surface area contributed by atoms with Crippen LogP contribution in [0.2, 0.25) is 5.02 Å². The van der Waals surface area contributed by atoms with Gasteiger partial charge in [0.25, 0.3) is 0 Å². The summed E-state index contributed by atoms with van der Waals surface area (Å²) >= 11 is 12.3. The minimum atomic E-state index is -1.18. The number of carbonyl (C=O) groups is 1. The van der Waals surface area contributed by atoms with Crippen molar-refractivity contribution in [2.24, 2.45) is 0 Å². The Morgan fingerprint density at radius 3 is 2.48 bits per heavy atom. The average molecular weight is 405 g/mol. The van der Waals surface area contributed by atoms with Gasteiger partial charge >= 0.3 is 6.09 Å². The molecule has 0 saturated heterocycles. The topological polar surface area (TPSA) is 75.4 Å². The molecule has 5 nitrogen and oxygen atoms in total. The highest BCUT2D eigenvalue weighted by Gasteiger charge is 2.39. The molecule has 140 valence electrons. The summed E-state index contributed by atoms with van der Waals surface area (Å²) in [6.45, 7) is 3.52. The van der Waals surface area contributed by atoms with Gasteiger partial charge < -0.3 is 14.9 Å². The van der Waals surface area contributed by atoms with E-state index in [9.17, 15) is 9.90 Å². The van der Waals surface area contributed by atoms with Gasteiger partial charge in [-0.15, -0.1) is 11.6 Å². The largest absolute Gasteiger partial charge is 0.465 e. The zero-order chi connectivity index (χ0) is 19.6. The minimum absolute atomic E-state index is 0.403. The van der Waals surface area contributed by atoms with Crippen molar-refractivity contribution in [1.82, 2.24) is 10.5 Å². The van der Waals surface area contributed by atoms with E-state index in [2.05, 4.69) is 10.5 Å². The Bertz CT molecular complexity index is 970. The van der Waals surface area contributed by atoms with Crippen LogP contribution in [0.15, 0.2) is 53.1 Å². The summed E-state index contributed by atoms with van der Waals surface area (Å²) in [4.78, 5) is 11.6. The van der Waals surface area contributed by atoms with E-state index < -0.39 is 11.6 Å². The van der Waals surface area contributed by atoms with Gasteiger partial charge in [-0.25, -0.2) is 4.79 Å². The van der Waals surface area contributed by atoms with E-state index >= 15 is 0 Å². The van der Waals surface area contributed by atoms with Crippen LogP contribution in [0.25, 0.3) is 11.3 Å². The fraction of sp³-hybridized carbons (Fsp3) is 0.200. The Morgan fingerprint density at radius 1 is 1.22 bits per heavy atom. The lowest BCUT2D eigenvalue weighted by Crippen LogP contribution is -2.44. The molecule has 0 radical (unpaired) electrons. The fourth-order valence-corrected chi connectivity index (χ4v) is 3.75. The molecule has 27 heavy (non-hydrogen) atoms. The Labute approximate surface area is 166 Å². The molecular formula is C20H18Cl2N2O3. The Balaban J connectivity index is 2.23. The molecular weight excluding hydrogens is 387 g/mol. The molecule has 1 atom stereocenters. The molecule has 1 amide bonds. The quantitative estimate of drug-likeness (QED) is 0.544. The number of aromatic nitrogens is 1. The van der Waals surface area contributed by atoms with Crippen molar-refractivity contribution in [1.29, 1.82) is 0 Å². The molecule has 0 bridgehead atoms. The number of aryl methyl sites for hydroxylation is 1. The van der Waals surface area contributed by atoms with Gasteiger partial charge in [-0.1, -0.05) is 59.2 Å². The second-order valence-electron chi connectivity index (χ2n) is 6.34. The van der Waals surface area contributed by atoms with E-state index in [0.717, 1.165) is 11.1 Å². The third-order valence-electron chi connectivity index (χ3n) is 4.50. The number of nitrogens with one attached hydrogen (secondary N) is 1.